The van der Waals surface area contributed by atoms with Crippen molar-refractivity contribution in [1.29, 1.82) is 0 Å². The largest absolute Gasteiger partial charge is 0.462 e. The molecule has 4 rings (SSSR count). The van der Waals surface area contributed by atoms with E-state index in [-0.39, 0.29) is 54.0 Å². The Morgan fingerprint density at radius 3 is 2.31 bits per heavy atom. The van der Waals surface area contributed by atoms with Gasteiger partial charge in [0.15, 0.2) is 0 Å². The van der Waals surface area contributed by atoms with Crippen molar-refractivity contribution in [1.82, 2.24) is 0 Å². The van der Waals surface area contributed by atoms with Crippen LogP contribution in [0.3, 0.4) is 0 Å². The summed E-state index contributed by atoms with van der Waals surface area (Å²) in [5, 5.41) is 0. The highest BCUT2D eigenvalue weighted by molar-refractivity contribution is 5.85. The second-order valence-electron chi connectivity index (χ2n) is 13.2. The number of carbonyl (C=O) groups excluding carboxylic acids is 3. The van der Waals surface area contributed by atoms with Crippen molar-refractivity contribution in [3.05, 3.63) is 0 Å². The van der Waals surface area contributed by atoms with Gasteiger partial charge in [-0.15, -0.1) is 0 Å². The molecular formula is C30H49NO4. The lowest BCUT2D eigenvalue weighted by molar-refractivity contribution is -0.169. The van der Waals surface area contributed by atoms with Crippen LogP contribution in [0.25, 0.3) is 0 Å². The average molecular weight is 488 g/mol. The van der Waals surface area contributed by atoms with Crippen LogP contribution in [0.1, 0.15) is 105 Å². The molecule has 4 saturated carbocycles. The van der Waals surface area contributed by atoms with Crippen molar-refractivity contribution in [2.24, 2.45) is 58.0 Å². The highest BCUT2D eigenvalue weighted by Gasteiger charge is 2.61. The maximum absolute atomic E-state index is 13.1. The summed E-state index contributed by atoms with van der Waals surface area (Å²) in [6.45, 7) is 10.8. The number of Topliss-reactive ketones (excluding diaryl/α,β-unsaturated/α-hetero) is 2. The second-order valence-corrected chi connectivity index (χ2v) is 13.2. The number of fused-ring (bicyclic) bond motifs is 5. The highest BCUT2D eigenvalue weighted by Crippen LogP contribution is 2.67. The Hall–Kier alpha value is -1.23. The molecule has 0 saturated heterocycles. The van der Waals surface area contributed by atoms with Gasteiger partial charge in [0.1, 0.15) is 17.7 Å². The van der Waals surface area contributed by atoms with E-state index in [1.807, 2.05) is 13.8 Å². The van der Waals surface area contributed by atoms with Crippen molar-refractivity contribution in [3.63, 3.8) is 0 Å². The van der Waals surface area contributed by atoms with Crippen molar-refractivity contribution in [3.8, 4) is 0 Å². The van der Waals surface area contributed by atoms with Crippen molar-refractivity contribution >= 4 is 17.5 Å². The Labute approximate surface area is 212 Å². The maximum atomic E-state index is 13.1. The van der Waals surface area contributed by atoms with E-state index in [0.717, 1.165) is 43.9 Å². The minimum Gasteiger partial charge on any atom is -0.462 e. The van der Waals surface area contributed by atoms with E-state index >= 15 is 0 Å². The third-order valence-electron chi connectivity index (χ3n) is 11.7. The first-order valence-electron chi connectivity index (χ1n) is 14.5. The lowest BCUT2D eigenvalue weighted by atomic mass is 9.44. The first kappa shape index (κ1) is 26.8. The van der Waals surface area contributed by atoms with Crippen LogP contribution in [0.5, 0.6) is 0 Å². The smallest absolute Gasteiger partial charge is 0.309 e. The van der Waals surface area contributed by atoms with Gasteiger partial charge in [0.25, 0.3) is 0 Å². The molecule has 10 atom stereocenters. The van der Waals surface area contributed by atoms with Gasteiger partial charge in [0.05, 0.1) is 12.5 Å². The SMILES string of the molecule is CCC(C)[C@H](CC(=O)CN)C(=O)O[C@@H]1CC[C@@]2(C)[C@@H](CC[C@@H]3[C@@H]2CC[C@]2(C)[C@@H](C(C)=O)CC[C@@H]32)C1. The Kier molecular flexibility index (Phi) is 7.87. The Morgan fingerprint density at radius 2 is 1.66 bits per heavy atom. The highest BCUT2D eigenvalue weighted by atomic mass is 16.5. The lowest BCUT2D eigenvalue weighted by Crippen LogP contribution is -2.54. The standard InChI is InChI=1S/C30H49NO4/c1-6-18(2)24(16-21(33)17-31)28(34)35-22-11-13-29(4)20(15-22)7-8-23-26-10-9-25(19(3)32)30(26,5)14-12-27(23)29/h18,20,22-27H,6-17,31H2,1-5H3/t18?,20-,22+,23-,24-,25+,26-,27-,29-,30+/m0/s1. The van der Waals surface area contributed by atoms with Gasteiger partial charge in [-0.05, 0) is 105 Å². The number of ether oxygens (including phenoxy) is 1. The summed E-state index contributed by atoms with van der Waals surface area (Å²) in [4.78, 5) is 37.5. The van der Waals surface area contributed by atoms with E-state index in [1.54, 1.807) is 0 Å². The van der Waals surface area contributed by atoms with Gasteiger partial charge in [-0.2, -0.15) is 0 Å². The number of hydrogen-bond acceptors (Lipinski definition) is 5. The monoisotopic (exact) mass is 487 g/mol. The molecule has 198 valence electrons. The van der Waals surface area contributed by atoms with Crippen LogP contribution in [0.2, 0.25) is 0 Å². The molecule has 2 N–H and O–H groups in total. The van der Waals surface area contributed by atoms with Crippen LogP contribution < -0.4 is 5.73 Å². The third-order valence-corrected chi connectivity index (χ3v) is 11.7. The summed E-state index contributed by atoms with van der Waals surface area (Å²) in [6.07, 6.45) is 11.2. The van der Waals surface area contributed by atoms with E-state index in [9.17, 15) is 14.4 Å². The summed E-state index contributed by atoms with van der Waals surface area (Å²) in [6, 6.07) is 0. The molecule has 4 aliphatic carbocycles. The molecule has 35 heavy (non-hydrogen) atoms. The minimum atomic E-state index is -0.382. The van der Waals surface area contributed by atoms with E-state index in [0.29, 0.717) is 23.0 Å². The molecule has 0 aromatic carbocycles. The van der Waals surface area contributed by atoms with Crippen LogP contribution in [0.15, 0.2) is 0 Å². The molecule has 4 fully saturated rings. The molecule has 5 heteroatoms. The quantitative estimate of drug-likeness (QED) is 0.442. The van der Waals surface area contributed by atoms with Gasteiger partial charge >= 0.3 is 5.97 Å². The molecular weight excluding hydrogens is 438 g/mol. The summed E-state index contributed by atoms with van der Waals surface area (Å²) in [5.41, 5.74) is 6.05. The van der Waals surface area contributed by atoms with Crippen LogP contribution in [0.4, 0.5) is 0 Å². The Bertz CT molecular complexity index is 825. The van der Waals surface area contributed by atoms with Gasteiger partial charge in [0, 0.05) is 12.3 Å². The molecule has 5 nitrogen and oxygen atoms in total. The van der Waals surface area contributed by atoms with E-state index in [4.69, 9.17) is 10.5 Å². The summed E-state index contributed by atoms with van der Waals surface area (Å²) < 4.78 is 6.11. The van der Waals surface area contributed by atoms with Crippen molar-refractivity contribution in [2.45, 2.75) is 111 Å². The Morgan fingerprint density at radius 1 is 0.971 bits per heavy atom. The van der Waals surface area contributed by atoms with E-state index in [1.165, 1.54) is 32.1 Å². The molecule has 1 unspecified atom stereocenters. The molecule has 0 aromatic rings. The lowest BCUT2D eigenvalue weighted by Gasteiger charge is -2.61. The van der Waals surface area contributed by atoms with Gasteiger partial charge in [-0.25, -0.2) is 0 Å². The second kappa shape index (κ2) is 10.3. The Balaban J connectivity index is 1.42. The fraction of sp³-hybridized carbons (Fsp3) is 0.900. The molecule has 4 aliphatic rings. The molecule has 0 radical (unpaired) electrons. The first-order valence-corrected chi connectivity index (χ1v) is 14.5. The van der Waals surface area contributed by atoms with E-state index < -0.39 is 0 Å². The number of carbonyl (C=O) groups is 3. The molecule has 0 aliphatic heterocycles. The number of nitrogens with two attached hydrogens (primary N) is 1. The van der Waals surface area contributed by atoms with Gasteiger partial charge < -0.3 is 10.5 Å². The van der Waals surface area contributed by atoms with E-state index in [2.05, 4.69) is 20.8 Å². The maximum Gasteiger partial charge on any atom is 0.309 e. The minimum absolute atomic E-state index is 0.0141. The normalized spacial score (nSPS) is 42.2. The number of hydrogen-bond donors (Lipinski definition) is 1. The van der Waals surface area contributed by atoms with Crippen LogP contribution in [0, 0.1) is 52.3 Å². The third kappa shape index (κ3) is 4.76. The summed E-state index contributed by atoms with van der Waals surface area (Å²) in [5.74, 6) is 2.91. The number of ketones is 2. The van der Waals surface area contributed by atoms with Gasteiger partial charge in [-0.3, -0.25) is 14.4 Å². The fourth-order valence-electron chi connectivity index (χ4n) is 9.38. The molecule has 0 bridgehead atoms. The zero-order valence-corrected chi connectivity index (χ0v) is 22.8. The molecule has 0 heterocycles. The summed E-state index contributed by atoms with van der Waals surface area (Å²) >= 11 is 0. The predicted molar refractivity (Wildman–Crippen MR) is 137 cm³/mol. The predicted octanol–water partition coefficient (Wildman–Crippen LogP) is 5.73. The molecule has 0 aromatic heterocycles. The van der Waals surface area contributed by atoms with Crippen molar-refractivity contribution < 1.29 is 19.1 Å². The van der Waals surface area contributed by atoms with Crippen LogP contribution >= 0.6 is 0 Å². The fourth-order valence-corrected chi connectivity index (χ4v) is 9.38. The average Bonchev–Trinajstić information content (AvgIpc) is 3.19. The molecule has 0 amide bonds. The van der Waals surface area contributed by atoms with Crippen LogP contribution in [-0.4, -0.2) is 30.2 Å². The summed E-state index contributed by atoms with van der Waals surface area (Å²) in [7, 11) is 0. The zero-order valence-electron chi connectivity index (χ0n) is 22.8. The van der Waals surface area contributed by atoms with Gasteiger partial charge in [0.2, 0.25) is 0 Å². The molecule has 0 spiro atoms. The number of rotatable bonds is 8. The number of esters is 1. The van der Waals surface area contributed by atoms with Crippen LogP contribution in [-0.2, 0) is 19.1 Å². The van der Waals surface area contributed by atoms with Crippen molar-refractivity contribution in [2.75, 3.05) is 6.54 Å². The topological polar surface area (TPSA) is 86.5 Å². The van der Waals surface area contributed by atoms with Gasteiger partial charge in [-0.1, -0.05) is 34.1 Å². The first-order chi connectivity index (χ1) is 16.5. The zero-order chi connectivity index (χ0) is 25.5.